The molecule has 0 saturated carbocycles. The number of aryl methyl sites for hydroxylation is 1. The summed E-state index contributed by atoms with van der Waals surface area (Å²) in [5.41, 5.74) is 5.08. The zero-order valence-electron chi connectivity index (χ0n) is 14.0. The molecule has 0 atom stereocenters. The first kappa shape index (κ1) is 15.3. The van der Waals surface area contributed by atoms with Crippen LogP contribution in [0.3, 0.4) is 0 Å². The number of aromatic nitrogens is 2. The lowest BCUT2D eigenvalue weighted by atomic mass is 10.2. The van der Waals surface area contributed by atoms with Gasteiger partial charge in [0.05, 0.1) is 5.52 Å². The summed E-state index contributed by atoms with van der Waals surface area (Å²) < 4.78 is 2.34. The van der Waals surface area contributed by atoms with Crippen LogP contribution in [0.2, 0.25) is 0 Å². The Hall–Kier alpha value is -2.55. The van der Waals surface area contributed by atoms with Crippen LogP contribution in [-0.2, 0) is 13.1 Å². The summed E-state index contributed by atoms with van der Waals surface area (Å²) in [6.07, 6.45) is 6.16. The van der Waals surface area contributed by atoms with Crippen LogP contribution >= 0.6 is 0 Å². The maximum atomic E-state index is 4.59. The first-order valence-corrected chi connectivity index (χ1v) is 8.05. The van der Waals surface area contributed by atoms with Gasteiger partial charge in [-0.2, -0.15) is 0 Å². The van der Waals surface area contributed by atoms with Gasteiger partial charge in [0.2, 0.25) is 0 Å². The summed E-state index contributed by atoms with van der Waals surface area (Å²) in [5.74, 6) is 0.951. The Labute approximate surface area is 137 Å². The minimum absolute atomic E-state index is 0.778. The second-order valence-electron chi connectivity index (χ2n) is 5.78. The average molecular weight is 305 g/mol. The maximum absolute atomic E-state index is 4.59. The third kappa shape index (κ3) is 3.00. The molecular weight excluding hydrogens is 282 g/mol. The van der Waals surface area contributed by atoms with E-state index in [0.717, 1.165) is 18.9 Å². The van der Waals surface area contributed by atoms with Crippen molar-refractivity contribution in [2.24, 2.45) is 0 Å². The Balaban J connectivity index is 2.01. The van der Waals surface area contributed by atoms with Gasteiger partial charge in [0, 0.05) is 30.4 Å². The van der Waals surface area contributed by atoms with Crippen molar-refractivity contribution in [3.8, 4) is 0 Å². The van der Waals surface area contributed by atoms with Crippen LogP contribution in [-0.4, -0.2) is 9.55 Å². The van der Waals surface area contributed by atoms with E-state index >= 15 is 0 Å². The van der Waals surface area contributed by atoms with Crippen LogP contribution in [0.25, 0.3) is 10.9 Å². The van der Waals surface area contributed by atoms with E-state index in [1.165, 1.54) is 27.7 Å². The number of fused-ring (bicyclic) bond motifs is 1. The molecule has 0 unspecified atom stereocenters. The van der Waals surface area contributed by atoms with Crippen LogP contribution < -0.4 is 5.32 Å². The van der Waals surface area contributed by atoms with Crippen LogP contribution in [0.1, 0.15) is 23.7 Å². The molecule has 3 aromatic rings. The Kier molecular flexibility index (Phi) is 4.47. The average Bonchev–Trinajstić information content (AvgIpc) is 2.84. The van der Waals surface area contributed by atoms with Gasteiger partial charge in [-0.3, -0.25) is 0 Å². The molecule has 3 nitrogen and oxygen atoms in total. The second kappa shape index (κ2) is 6.69. The lowest BCUT2D eigenvalue weighted by Gasteiger charge is -2.11. The zero-order chi connectivity index (χ0) is 16.2. The van der Waals surface area contributed by atoms with E-state index in [4.69, 9.17) is 0 Å². The summed E-state index contributed by atoms with van der Waals surface area (Å²) in [6, 6.07) is 12.5. The highest BCUT2D eigenvalue weighted by Crippen LogP contribution is 2.29. The molecule has 0 aliphatic heterocycles. The van der Waals surface area contributed by atoms with E-state index in [1.54, 1.807) is 0 Å². The van der Waals surface area contributed by atoms with Gasteiger partial charge in [-0.25, -0.2) is 4.98 Å². The molecule has 2 heterocycles. The molecule has 0 saturated heterocycles. The summed E-state index contributed by atoms with van der Waals surface area (Å²) >= 11 is 0. The summed E-state index contributed by atoms with van der Waals surface area (Å²) in [5, 5.41) is 4.78. The third-order valence-corrected chi connectivity index (χ3v) is 4.37. The highest BCUT2D eigenvalue weighted by Gasteiger charge is 2.14. The topological polar surface area (TPSA) is 29.9 Å². The van der Waals surface area contributed by atoms with Gasteiger partial charge in [-0.05, 0) is 38.0 Å². The van der Waals surface area contributed by atoms with E-state index in [9.17, 15) is 0 Å². The van der Waals surface area contributed by atoms with Gasteiger partial charge in [0.15, 0.2) is 5.82 Å². The van der Waals surface area contributed by atoms with E-state index in [2.05, 4.69) is 78.1 Å². The lowest BCUT2D eigenvalue weighted by molar-refractivity contribution is 0.820. The Morgan fingerprint density at radius 3 is 2.65 bits per heavy atom. The largest absolute Gasteiger partial charge is 0.364 e. The number of hydrogen-bond donors (Lipinski definition) is 1. The number of nitrogens with one attached hydrogen (secondary N) is 1. The Bertz CT molecular complexity index is 829. The van der Waals surface area contributed by atoms with Gasteiger partial charge in [-0.1, -0.05) is 42.5 Å². The van der Waals surface area contributed by atoms with Crippen molar-refractivity contribution >= 4 is 16.7 Å². The molecule has 0 bridgehead atoms. The SMILES string of the molecule is C/C=C/Cn1c(C)c(C)c2ccnc(NCc3ccccc3)c21. The summed E-state index contributed by atoms with van der Waals surface area (Å²) in [4.78, 5) is 4.59. The summed E-state index contributed by atoms with van der Waals surface area (Å²) in [6.45, 7) is 8.07. The molecule has 2 aromatic heterocycles. The third-order valence-electron chi connectivity index (χ3n) is 4.37. The molecule has 0 amide bonds. The van der Waals surface area contributed by atoms with E-state index in [1.807, 2.05) is 12.3 Å². The number of pyridine rings is 1. The Morgan fingerprint density at radius 1 is 1.13 bits per heavy atom. The predicted octanol–water partition coefficient (Wildman–Crippen LogP) is 4.84. The van der Waals surface area contributed by atoms with Crippen LogP contribution in [0.5, 0.6) is 0 Å². The molecule has 3 heteroatoms. The number of anilines is 1. The quantitative estimate of drug-likeness (QED) is 0.683. The first-order valence-electron chi connectivity index (χ1n) is 8.05. The molecule has 1 N–H and O–H groups in total. The maximum Gasteiger partial charge on any atom is 0.150 e. The van der Waals surface area contributed by atoms with Crippen molar-refractivity contribution in [2.45, 2.75) is 33.9 Å². The molecule has 3 rings (SSSR count). The molecule has 118 valence electrons. The predicted molar refractivity (Wildman–Crippen MR) is 97.8 cm³/mol. The van der Waals surface area contributed by atoms with E-state index in [0.29, 0.717) is 0 Å². The van der Waals surface area contributed by atoms with Crippen molar-refractivity contribution in [2.75, 3.05) is 5.32 Å². The monoisotopic (exact) mass is 305 g/mol. The van der Waals surface area contributed by atoms with Gasteiger partial charge in [-0.15, -0.1) is 0 Å². The van der Waals surface area contributed by atoms with Crippen molar-refractivity contribution in [1.82, 2.24) is 9.55 Å². The number of nitrogens with zero attached hydrogens (tertiary/aromatic N) is 2. The van der Waals surface area contributed by atoms with Crippen molar-refractivity contribution in [1.29, 1.82) is 0 Å². The number of allylic oxidation sites excluding steroid dienone is 2. The Morgan fingerprint density at radius 2 is 1.91 bits per heavy atom. The molecule has 0 spiro atoms. The standard InChI is InChI=1S/C20H23N3/c1-4-5-13-23-16(3)15(2)18-11-12-21-20(19(18)23)22-14-17-9-7-6-8-10-17/h4-12H,13-14H2,1-3H3,(H,21,22)/b5-4+. The second-order valence-corrected chi connectivity index (χ2v) is 5.78. The zero-order valence-corrected chi connectivity index (χ0v) is 14.0. The molecule has 0 fully saturated rings. The molecule has 0 aliphatic rings. The van der Waals surface area contributed by atoms with Crippen molar-refractivity contribution < 1.29 is 0 Å². The number of benzene rings is 1. The fourth-order valence-corrected chi connectivity index (χ4v) is 2.94. The molecule has 0 radical (unpaired) electrons. The normalized spacial score (nSPS) is 11.4. The fraction of sp³-hybridized carbons (Fsp3) is 0.250. The highest BCUT2D eigenvalue weighted by atomic mass is 15.1. The van der Waals surface area contributed by atoms with Crippen molar-refractivity contribution in [3.63, 3.8) is 0 Å². The minimum atomic E-state index is 0.778. The van der Waals surface area contributed by atoms with Crippen molar-refractivity contribution in [3.05, 3.63) is 71.6 Å². The minimum Gasteiger partial charge on any atom is -0.364 e. The molecular formula is C20H23N3. The first-order chi connectivity index (χ1) is 11.2. The molecule has 0 aliphatic carbocycles. The van der Waals surface area contributed by atoms with Gasteiger partial charge in [0.1, 0.15) is 0 Å². The summed E-state index contributed by atoms with van der Waals surface area (Å²) in [7, 11) is 0. The van der Waals surface area contributed by atoms with Crippen LogP contribution in [0, 0.1) is 13.8 Å². The van der Waals surface area contributed by atoms with Gasteiger partial charge >= 0.3 is 0 Å². The molecule has 1 aromatic carbocycles. The fourth-order valence-electron chi connectivity index (χ4n) is 2.94. The lowest BCUT2D eigenvalue weighted by Crippen LogP contribution is -2.05. The highest BCUT2D eigenvalue weighted by molar-refractivity contribution is 5.93. The number of rotatable bonds is 5. The van der Waals surface area contributed by atoms with E-state index < -0.39 is 0 Å². The van der Waals surface area contributed by atoms with Crippen LogP contribution in [0.4, 0.5) is 5.82 Å². The number of hydrogen-bond acceptors (Lipinski definition) is 2. The molecule has 23 heavy (non-hydrogen) atoms. The van der Waals surface area contributed by atoms with Crippen LogP contribution in [0.15, 0.2) is 54.7 Å². The smallest absolute Gasteiger partial charge is 0.150 e. The van der Waals surface area contributed by atoms with Gasteiger partial charge in [0.25, 0.3) is 0 Å². The van der Waals surface area contributed by atoms with E-state index in [-0.39, 0.29) is 0 Å². The van der Waals surface area contributed by atoms with Gasteiger partial charge < -0.3 is 9.88 Å².